The Hall–Kier alpha value is -1.78. The first-order valence-corrected chi connectivity index (χ1v) is 11.6. The molecule has 10 heteroatoms. The van der Waals surface area contributed by atoms with Crippen LogP contribution in [0.4, 0.5) is 0 Å². The van der Waals surface area contributed by atoms with Crippen molar-refractivity contribution >= 4 is 19.9 Å². The number of nitrogens with one attached hydrogen (secondary N) is 1. The largest absolute Gasteiger partial charge is 0.411 e. The first-order chi connectivity index (χ1) is 12.0. The minimum atomic E-state index is -3.70. The smallest absolute Gasteiger partial charge is 0.335 e. The van der Waals surface area contributed by atoms with E-state index in [1.807, 2.05) is 32.9 Å². The fraction of sp³-hybridized carbons (Fsp3) is 0.500. The van der Waals surface area contributed by atoms with Crippen molar-refractivity contribution < 1.29 is 21.3 Å². The molecule has 1 aromatic carbocycles. The van der Waals surface area contributed by atoms with Gasteiger partial charge in [-0.15, -0.1) is 5.10 Å². The molecule has 0 radical (unpaired) electrons. The Morgan fingerprint density at radius 1 is 1.12 bits per heavy atom. The SMILES string of the molecule is Cc1ccccc1CS(=O)(=O)N[C@@H](CC(C)C)c1nnc(S(C)(=O)=O)o1. The number of sulfone groups is 1. The quantitative estimate of drug-likeness (QED) is 0.718. The second-order valence-electron chi connectivity index (χ2n) is 6.66. The van der Waals surface area contributed by atoms with Gasteiger partial charge >= 0.3 is 5.22 Å². The molecule has 1 N–H and O–H groups in total. The van der Waals surface area contributed by atoms with Crippen molar-refractivity contribution in [3.8, 4) is 0 Å². The molecular formula is C16H23N3O5S2. The molecule has 0 saturated carbocycles. The van der Waals surface area contributed by atoms with E-state index in [1.165, 1.54) is 0 Å². The molecule has 0 bridgehead atoms. The van der Waals surface area contributed by atoms with Crippen molar-refractivity contribution in [1.82, 2.24) is 14.9 Å². The van der Waals surface area contributed by atoms with Crippen LogP contribution in [0.5, 0.6) is 0 Å². The van der Waals surface area contributed by atoms with Crippen molar-refractivity contribution in [2.75, 3.05) is 6.26 Å². The van der Waals surface area contributed by atoms with Crippen molar-refractivity contribution in [1.29, 1.82) is 0 Å². The fourth-order valence-electron chi connectivity index (χ4n) is 2.42. The number of hydrogen-bond acceptors (Lipinski definition) is 7. The predicted octanol–water partition coefficient (Wildman–Crippen LogP) is 1.99. The molecule has 8 nitrogen and oxygen atoms in total. The van der Waals surface area contributed by atoms with E-state index in [1.54, 1.807) is 12.1 Å². The Morgan fingerprint density at radius 2 is 1.77 bits per heavy atom. The van der Waals surface area contributed by atoms with Gasteiger partial charge in [0.1, 0.15) is 6.04 Å². The zero-order valence-corrected chi connectivity index (χ0v) is 16.8. The third kappa shape index (κ3) is 5.61. The molecule has 1 atom stereocenters. The summed E-state index contributed by atoms with van der Waals surface area (Å²) in [5, 5.41) is 6.70. The van der Waals surface area contributed by atoms with Crippen LogP contribution in [0.3, 0.4) is 0 Å². The second-order valence-corrected chi connectivity index (χ2v) is 10.3. The standard InChI is InChI=1S/C16H23N3O5S2/c1-11(2)9-14(15-17-18-16(24-15)25(4,20)21)19-26(22,23)10-13-8-6-5-7-12(13)3/h5-8,11,14,19H,9-10H2,1-4H3/t14-/m0/s1. The number of nitrogens with zero attached hydrogens (tertiary/aromatic N) is 2. The van der Waals surface area contributed by atoms with Crippen LogP contribution in [0, 0.1) is 12.8 Å². The van der Waals surface area contributed by atoms with E-state index in [4.69, 9.17) is 4.42 Å². The van der Waals surface area contributed by atoms with Gasteiger partial charge in [-0.3, -0.25) is 0 Å². The molecule has 1 aromatic heterocycles. The van der Waals surface area contributed by atoms with Crippen LogP contribution in [0.1, 0.15) is 43.3 Å². The Morgan fingerprint density at radius 3 is 2.31 bits per heavy atom. The maximum atomic E-state index is 12.6. The molecule has 1 heterocycles. The highest BCUT2D eigenvalue weighted by molar-refractivity contribution is 7.90. The van der Waals surface area contributed by atoms with Crippen molar-refractivity contribution in [3.63, 3.8) is 0 Å². The lowest BCUT2D eigenvalue weighted by Gasteiger charge is -2.17. The van der Waals surface area contributed by atoms with Gasteiger partial charge in [-0.25, -0.2) is 21.6 Å². The third-order valence-corrected chi connectivity index (χ3v) is 5.81. The van der Waals surface area contributed by atoms with E-state index in [9.17, 15) is 16.8 Å². The Labute approximate surface area is 154 Å². The molecule has 0 saturated heterocycles. The average Bonchev–Trinajstić information content (AvgIpc) is 2.98. The van der Waals surface area contributed by atoms with Gasteiger partial charge in [-0.2, -0.15) is 0 Å². The summed E-state index contributed by atoms with van der Waals surface area (Å²) < 4.78 is 56.0. The summed E-state index contributed by atoms with van der Waals surface area (Å²) in [6.07, 6.45) is 1.34. The summed E-state index contributed by atoms with van der Waals surface area (Å²) in [6, 6.07) is 6.41. The molecule has 0 amide bonds. The molecule has 0 aliphatic carbocycles. The monoisotopic (exact) mass is 401 g/mol. The average molecular weight is 402 g/mol. The minimum Gasteiger partial charge on any atom is -0.411 e. The lowest BCUT2D eigenvalue weighted by molar-refractivity contribution is 0.340. The maximum absolute atomic E-state index is 12.6. The Bertz CT molecular complexity index is 965. The number of sulfonamides is 1. The molecule has 144 valence electrons. The number of rotatable bonds is 8. The summed E-state index contributed by atoms with van der Waals surface area (Å²) in [4.78, 5) is 0. The third-order valence-electron chi connectivity index (χ3n) is 3.67. The lowest BCUT2D eigenvalue weighted by Crippen LogP contribution is -2.31. The first kappa shape index (κ1) is 20.5. The number of aryl methyl sites for hydroxylation is 1. The van der Waals surface area contributed by atoms with Gasteiger partial charge < -0.3 is 4.42 Å². The van der Waals surface area contributed by atoms with Crippen LogP contribution in [0.2, 0.25) is 0 Å². The molecule has 26 heavy (non-hydrogen) atoms. The van der Waals surface area contributed by atoms with Gasteiger partial charge in [0, 0.05) is 6.26 Å². The van der Waals surface area contributed by atoms with Crippen LogP contribution in [0.25, 0.3) is 0 Å². The van der Waals surface area contributed by atoms with E-state index < -0.39 is 31.1 Å². The fourth-order valence-corrected chi connectivity index (χ4v) is 4.29. The van der Waals surface area contributed by atoms with Crippen molar-refractivity contribution in [3.05, 3.63) is 41.3 Å². The van der Waals surface area contributed by atoms with Crippen LogP contribution in [0.15, 0.2) is 33.9 Å². The van der Waals surface area contributed by atoms with E-state index in [2.05, 4.69) is 14.9 Å². The summed E-state index contributed by atoms with van der Waals surface area (Å²) in [7, 11) is -7.36. The topological polar surface area (TPSA) is 119 Å². The second kappa shape index (κ2) is 7.85. The van der Waals surface area contributed by atoms with Gasteiger partial charge in [-0.1, -0.05) is 43.2 Å². The highest BCUT2D eigenvalue weighted by Gasteiger charge is 2.27. The maximum Gasteiger partial charge on any atom is 0.335 e. The van der Waals surface area contributed by atoms with Gasteiger partial charge in [0.25, 0.3) is 0 Å². The van der Waals surface area contributed by atoms with Gasteiger partial charge in [0.2, 0.25) is 25.8 Å². The number of benzene rings is 1. The van der Waals surface area contributed by atoms with E-state index in [0.717, 1.165) is 11.8 Å². The Balaban J connectivity index is 2.27. The molecule has 2 aromatic rings. The minimum absolute atomic E-state index is 0.0625. The summed E-state index contributed by atoms with van der Waals surface area (Å²) in [6.45, 7) is 5.67. The molecule has 0 unspecified atom stereocenters. The predicted molar refractivity (Wildman–Crippen MR) is 96.5 cm³/mol. The van der Waals surface area contributed by atoms with E-state index in [0.29, 0.717) is 12.0 Å². The summed E-state index contributed by atoms with van der Waals surface area (Å²) >= 11 is 0. The molecule has 0 aliphatic heterocycles. The van der Waals surface area contributed by atoms with Crippen molar-refractivity contribution in [2.24, 2.45) is 5.92 Å². The van der Waals surface area contributed by atoms with E-state index >= 15 is 0 Å². The highest BCUT2D eigenvalue weighted by atomic mass is 32.2. The van der Waals surface area contributed by atoms with E-state index in [-0.39, 0.29) is 17.6 Å². The number of aromatic nitrogens is 2. The van der Waals surface area contributed by atoms with Crippen molar-refractivity contribution in [2.45, 2.75) is 44.2 Å². The van der Waals surface area contributed by atoms with Crippen LogP contribution >= 0.6 is 0 Å². The number of hydrogen-bond donors (Lipinski definition) is 1. The Kier molecular flexibility index (Phi) is 6.20. The van der Waals surface area contributed by atoms with Gasteiger partial charge in [-0.05, 0) is 30.4 Å². The zero-order valence-electron chi connectivity index (χ0n) is 15.1. The highest BCUT2D eigenvalue weighted by Crippen LogP contribution is 2.23. The van der Waals surface area contributed by atoms with Gasteiger partial charge in [0.15, 0.2) is 0 Å². The first-order valence-electron chi connectivity index (χ1n) is 8.06. The zero-order chi connectivity index (χ0) is 19.5. The van der Waals surface area contributed by atoms with Crippen LogP contribution < -0.4 is 4.72 Å². The molecular weight excluding hydrogens is 378 g/mol. The van der Waals surface area contributed by atoms with Crippen LogP contribution in [-0.4, -0.2) is 33.3 Å². The molecule has 2 rings (SSSR count). The normalized spacial score (nSPS) is 13.9. The molecule has 0 aliphatic rings. The summed E-state index contributed by atoms with van der Waals surface area (Å²) in [5.41, 5.74) is 1.56. The molecule has 0 spiro atoms. The van der Waals surface area contributed by atoms with Crippen LogP contribution in [-0.2, 0) is 25.6 Å². The summed E-state index contributed by atoms with van der Waals surface area (Å²) in [5.74, 6) is -0.135. The van der Waals surface area contributed by atoms with Gasteiger partial charge in [0.05, 0.1) is 5.75 Å². The molecule has 0 fully saturated rings. The lowest BCUT2D eigenvalue weighted by atomic mass is 10.0.